The fourth-order valence-corrected chi connectivity index (χ4v) is 4.30. The molecular formula is C20H26N2O2S2. The summed E-state index contributed by atoms with van der Waals surface area (Å²) >= 11 is 6.83. The molecule has 140 valence electrons. The molecular weight excluding hydrogens is 364 g/mol. The number of hydrogen-bond acceptors (Lipinski definition) is 5. The van der Waals surface area contributed by atoms with Crippen LogP contribution in [0, 0.1) is 0 Å². The number of carbonyl (C=O) groups is 1. The number of thioether (sulfide) groups is 1. The number of hydrogen-bond donors (Lipinski definition) is 0. The van der Waals surface area contributed by atoms with E-state index in [1.807, 2.05) is 6.08 Å². The lowest BCUT2D eigenvalue weighted by atomic mass is 9.87. The Morgan fingerprint density at radius 2 is 1.81 bits per heavy atom. The van der Waals surface area contributed by atoms with E-state index in [1.165, 1.54) is 17.3 Å². The second kappa shape index (κ2) is 8.21. The maximum Gasteiger partial charge on any atom is 0.266 e. The van der Waals surface area contributed by atoms with Crippen LogP contribution in [0.2, 0.25) is 0 Å². The van der Waals surface area contributed by atoms with Gasteiger partial charge < -0.3 is 4.74 Å². The predicted molar refractivity (Wildman–Crippen MR) is 112 cm³/mol. The minimum atomic E-state index is 0.0214. The number of benzene rings is 1. The summed E-state index contributed by atoms with van der Waals surface area (Å²) in [6, 6.07) is 8.40. The van der Waals surface area contributed by atoms with Crippen LogP contribution in [-0.2, 0) is 14.9 Å². The van der Waals surface area contributed by atoms with E-state index in [9.17, 15) is 4.79 Å². The van der Waals surface area contributed by atoms with Crippen LogP contribution in [-0.4, -0.2) is 59.4 Å². The molecule has 2 fully saturated rings. The third-order valence-electron chi connectivity index (χ3n) is 4.69. The molecule has 26 heavy (non-hydrogen) atoms. The SMILES string of the molecule is CC(C)(C)c1ccc(/C=C2/SC(=S)N(CCN3CCOCC3)C2=O)cc1. The molecule has 2 heterocycles. The highest BCUT2D eigenvalue weighted by atomic mass is 32.2. The molecule has 0 aliphatic carbocycles. The monoisotopic (exact) mass is 390 g/mol. The Bertz CT molecular complexity index is 702. The summed E-state index contributed by atoms with van der Waals surface area (Å²) in [6.07, 6.45) is 1.94. The van der Waals surface area contributed by atoms with E-state index >= 15 is 0 Å². The lowest BCUT2D eigenvalue weighted by molar-refractivity contribution is -0.122. The zero-order valence-corrected chi connectivity index (χ0v) is 17.3. The minimum Gasteiger partial charge on any atom is -0.379 e. The molecule has 1 amide bonds. The first-order valence-corrected chi connectivity index (χ1v) is 10.2. The predicted octanol–water partition coefficient (Wildman–Crippen LogP) is 3.52. The molecule has 1 aromatic rings. The van der Waals surface area contributed by atoms with Crippen LogP contribution in [0.15, 0.2) is 29.2 Å². The first kappa shape index (κ1) is 19.5. The Morgan fingerprint density at radius 1 is 1.15 bits per heavy atom. The van der Waals surface area contributed by atoms with Crippen molar-refractivity contribution in [3.63, 3.8) is 0 Å². The van der Waals surface area contributed by atoms with Gasteiger partial charge >= 0.3 is 0 Å². The van der Waals surface area contributed by atoms with Crippen molar-refractivity contribution in [2.24, 2.45) is 0 Å². The third-order valence-corrected chi connectivity index (χ3v) is 6.07. The molecule has 0 radical (unpaired) electrons. The standard InChI is InChI=1S/C20H26N2O2S2/c1-20(2,3)16-6-4-15(5-7-16)14-17-18(23)22(19(25)26-17)9-8-21-10-12-24-13-11-21/h4-7,14H,8-13H2,1-3H3/b17-14+. The van der Waals surface area contributed by atoms with Crippen molar-refractivity contribution in [2.45, 2.75) is 26.2 Å². The van der Waals surface area contributed by atoms with Crippen molar-refractivity contribution in [3.8, 4) is 0 Å². The molecule has 0 unspecified atom stereocenters. The van der Waals surface area contributed by atoms with Gasteiger partial charge in [-0.05, 0) is 22.6 Å². The molecule has 0 spiro atoms. The Balaban J connectivity index is 1.64. The fourth-order valence-electron chi connectivity index (χ4n) is 2.99. The highest BCUT2D eigenvalue weighted by Gasteiger charge is 2.32. The summed E-state index contributed by atoms with van der Waals surface area (Å²) in [6.45, 7) is 11.4. The van der Waals surface area contributed by atoms with Crippen molar-refractivity contribution < 1.29 is 9.53 Å². The number of thiocarbonyl (C=S) groups is 1. The first-order valence-electron chi connectivity index (χ1n) is 9.00. The van der Waals surface area contributed by atoms with Crippen LogP contribution in [0.25, 0.3) is 6.08 Å². The van der Waals surface area contributed by atoms with Crippen LogP contribution in [0.5, 0.6) is 0 Å². The molecule has 2 aliphatic heterocycles. The molecule has 0 atom stereocenters. The molecule has 0 saturated carbocycles. The normalized spacial score (nSPS) is 21.0. The summed E-state index contributed by atoms with van der Waals surface area (Å²) in [7, 11) is 0. The highest BCUT2D eigenvalue weighted by Crippen LogP contribution is 2.32. The van der Waals surface area contributed by atoms with Gasteiger partial charge in [-0.3, -0.25) is 14.6 Å². The number of carbonyl (C=O) groups excluding carboxylic acids is 1. The van der Waals surface area contributed by atoms with Crippen LogP contribution < -0.4 is 0 Å². The number of rotatable bonds is 4. The molecule has 3 rings (SSSR count). The Kier molecular flexibility index (Phi) is 6.17. The lowest BCUT2D eigenvalue weighted by Gasteiger charge is -2.28. The summed E-state index contributed by atoms with van der Waals surface area (Å²) in [4.78, 5) is 17.5. The van der Waals surface area contributed by atoms with Crippen LogP contribution in [0.4, 0.5) is 0 Å². The largest absolute Gasteiger partial charge is 0.379 e. The summed E-state index contributed by atoms with van der Waals surface area (Å²) in [5.74, 6) is 0.0214. The van der Waals surface area contributed by atoms with Gasteiger partial charge in [-0.1, -0.05) is 69.0 Å². The van der Waals surface area contributed by atoms with Gasteiger partial charge in [-0.2, -0.15) is 0 Å². The molecule has 2 saturated heterocycles. The first-order chi connectivity index (χ1) is 12.3. The van der Waals surface area contributed by atoms with Gasteiger partial charge in [-0.15, -0.1) is 0 Å². The summed E-state index contributed by atoms with van der Waals surface area (Å²) in [5.41, 5.74) is 2.45. The zero-order valence-electron chi connectivity index (χ0n) is 15.7. The molecule has 6 heteroatoms. The van der Waals surface area contributed by atoms with Gasteiger partial charge in [0.25, 0.3) is 5.91 Å². The van der Waals surface area contributed by atoms with E-state index in [1.54, 1.807) is 4.90 Å². The van der Waals surface area contributed by atoms with Crippen LogP contribution in [0.1, 0.15) is 31.9 Å². The molecule has 1 aromatic carbocycles. The zero-order chi connectivity index (χ0) is 18.7. The van der Waals surface area contributed by atoms with Gasteiger partial charge in [-0.25, -0.2) is 0 Å². The van der Waals surface area contributed by atoms with Gasteiger partial charge in [0, 0.05) is 26.2 Å². The smallest absolute Gasteiger partial charge is 0.266 e. The summed E-state index contributed by atoms with van der Waals surface area (Å²) in [5, 5.41) is 0. The maximum absolute atomic E-state index is 12.7. The van der Waals surface area contributed by atoms with Crippen molar-refractivity contribution in [1.29, 1.82) is 0 Å². The maximum atomic E-state index is 12.7. The molecule has 0 bridgehead atoms. The Hall–Kier alpha value is -1.21. The van der Waals surface area contributed by atoms with Gasteiger partial charge in [0.1, 0.15) is 4.32 Å². The van der Waals surface area contributed by atoms with Crippen LogP contribution in [0.3, 0.4) is 0 Å². The van der Waals surface area contributed by atoms with Crippen molar-refractivity contribution in [3.05, 3.63) is 40.3 Å². The second-order valence-corrected chi connectivity index (χ2v) is 9.34. The van der Waals surface area contributed by atoms with Gasteiger partial charge in [0.05, 0.1) is 18.1 Å². The van der Waals surface area contributed by atoms with E-state index in [0.717, 1.165) is 38.4 Å². The summed E-state index contributed by atoms with van der Waals surface area (Å²) < 4.78 is 6.02. The van der Waals surface area contributed by atoms with Gasteiger partial charge in [0.2, 0.25) is 0 Å². The molecule has 0 N–H and O–H groups in total. The van der Waals surface area contributed by atoms with E-state index in [2.05, 4.69) is 49.9 Å². The van der Waals surface area contributed by atoms with E-state index in [4.69, 9.17) is 17.0 Å². The van der Waals surface area contributed by atoms with Crippen LogP contribution >= 0.6 is 24.0 Å². The molecule has 0 aromatic heterocycles. The second-order valence-electron chi connectivity index (χ2n) is 7.66. The number of nitrogens with zero attached hydrogens (tertiary/aromatic N) is 2. The quantitative estimate of drug-likeness (QED) is 0.580. The topological polar surface area (TPSA) is 32.8 Å². The average molecular weight is 391 g/mol. The number of ether oxygens (including phenoxy) is 1. The Morgan fingerprint density at radius 3 is 2.42 bits per heavy atom. The van der Waals surface area contributed by atoms with Gasteiger partial charge in [0.15, 0.2) is 0 Å². The number of amides is 1. The Labute approximate surface area is 165 Å². The third kappa shape index (κ3) is 4.74. The van der Waals surface area contributed by atoms with E-state index in [-0.39, 0.29) is 11.3 Å². The molecule has 4 nitrogen and oxygen atoms in total. The van der Waals surface area contributed by atoms with E-state index in [0.29, 0.717) is 15.8 Å². The molecule has 2 aliphatic rings. The average Bonchev–Trinajstić information content (AvgIpc) is 2.87. The van der Waals surface area contributed by atoms with Crippen molar-refractivity contribution in [2.75, 3.05) is 39.4 Å². The van der Waals surface area contributed by atoms with E-state index < -0.39 is 0 Å². The van der Waals surface area contributed by atoms with Crippen molar-refractivity contribution >= 4 is 40.3 Å². The lowest BCUT2D eigenvalue weighted by Crippen LogP contribution is -2.42. The fraction of sp³-hybridized carbons (Fsp3) is 0.500. The number of morpholine rings is 1. The highest BCUT2D eigenvalue weighted by molar-refractivity contribution is 8.26. The van der Waals surface area contributed by atoms with Crippen molar-refractivity contribution in [1.82, 2.24) is 9.80 Å². The minimum absolute atomic E-state index is 0.0214.